The molecule has 0 N–H and O–H groups in total. The summed E-state index contributed by atoms with van der Waals surface area (Å²) >= 11 is 0. The molecule has 2 aromatic rings. The number of amides is 1. The van der Waals surface area contributed by atoms with E-state index in [4.69, 9.17) is 9.26 Å². The zero-order valence-corrected chi connectivity index (χ0v) is 13.8. The van der Waals surface area contributed by atoms with Crippen LogP contribution in [0, 0.1) is 6.92 Å². The molecule has 1 amide bonds. The summed E-state index contributed by atoms with van der Waals surface area (Å²) in [5, 5.41) is 3.88. The number of hydrogen-bond donors (Lipinski definition) is 0. The lowest BCUT2D eigenvalue weighted by Crippen LogP contribution is -2.28. The Morgan fingerprint density at radius 3 is 2.61 bits per heavy atom. The van der Waals surface area contributed by atoms with Crippen LogP contribution in [-0.2, 0) is 17.8 Å². The van der Waals surface area contributed by atoms with E-state index >= 15 is 0 Å². The van der Waals surface area contributed by atoms with Crippen molar-refractivity contribution < 1.29 is 18.8 Å². The predicted molar refractivity (Wildman–Crippen MR) is 84.4 cm³/mol. The van der Waals surface area contributed by atoms with Gasteiger partial charge in [-0.1, -0.05) is 5.16 Å². The quantitative estimate of drug-likeness (QED) is 0.765. The van der Waals surface area contributed by atoms with Crippen molar-refractivity contribution in [2.75, 3.05) is 14.2 Å². The number of ether oxygens (including phenoxy) is 1. The summed E-state index contributed by atoms with van der Waals surface area (Å²) in [7, 11) is 3.24. The van der Waals surface area contributed by atoms with Crippen LogP contribution in [0.1, 0.15) is 34.3 Å². The van der Waals surface area contributed by atoms with Gasteiger partial charge < -0.3 is 14.2 Å². The molecule has 6 nitrogen and oxygen atoms in total. The van der Waals surface area contributed by atoms with Crippen LogP contribution < -0.4 is 4.74 Å². The van der Waals surface area contributed by atoms with Crippen LogP contribution in [-0.4, -0.2) is 35.9 Å². The number of benzene rings is 1. The van der Waals surface area contributed by atoms with Crippen molar-refractivity contribution in [1.82, 2.24) is 10.1 Å². The molecule has 0 saturated carbocycles. The number of aryl methyl sites for hydroxylation is 1. The SMILES string of the molecule is COc1ccc(C(C)=O)cc1CC(=O)N(C)Cc1cc(C)on1. The number of ketones is 1. The number of nitrogens with zero attached hydrogens (tertiary/aromatic N) is 2. The van der Waals surface area contributed by atoms with Crippen molar-refractivity contribution in [3.8, 4) is 5.75 Å². The maximum absolute atomic E-state index is 12.4. The van der Waals surface area contributed by atoms with Gasteiger partial charge in [0.2, 0.25) is 5.91 Å². The topological polar surface area (TPSA) is 72.6 Å². The minimum atomic E-state index is -0.0929. The van der Waals surface area contributed by atoms with Crippen molar-refractivity contribution in [1.29, 1.82) is 0 Å². The first-order valence-corrected chi connectivity index (χ1v) is 7.24. The van der Waals surface area contributed by atoms with Crippen molar-refractivity contribution in [3.05, 3.63) is 46.8 Å². The minimum absolute atomic E-state index is 0.0484. The molecular weight excluding hydrogens is 296 g/mol. The van der Waals surface area contributed by atoms with Crippen LogP contribution in [0.3, 0.4) is 0 Å². The third-order valence-corrected chi connectivity index (χ3v) is 3.53. The monoisotopic (exact) mass is 316 g/mol. The van der Waals surface area contributed by atoms with E-state index in [0.29, 0.717) is 34.9 Å². The summed E-state index contributed by atoms with van der Waals surface area (Å²) in [6.07, 6.45) is 0.150. The molecule has 0 unspecified atom stereocenters. The van der Waals surface area contributed by atoms with Crippen molar-refractivity contribution in [3.63, 3.8) is 0 Å². The molecule has 0 bridgehead atoms. The molecule has 1 aromatic carbocycles. The number of Topliss-reactive ketones (excluding diaryl/α,β-unsaturated/α-hetero) is 1. The Balaban J connectivity index is 2.12. The third kappa shape index (κ3) is 4.18. The van der Waals surface area contributed by atoms with E-state index in [9.17, 15) is 9.59 Å². The second-order valence-electron chi connectivity index (χ2n) is 5.44. The summed E-state index contributed by atoms with van der Waals surface area (Å²) in [5.41, 5.74) is 1.94. The Morgan fingerprint density at radius 1 is 1.30 bits per heavy atom. The Hall–Kier alpha value is -2.63. The lowest BCUT2D eigenvalue weighted by Gasteiger charge is -2.17. The van der Waals surface area contributed by atoms with Gasteiger partial charge in [0.25, 0.3) is 0 Å². The van der Waals surface area contributed by atoms with Crippen LogP contribution in [0.2, 0.25) is 0 Å². The summed E-state index contributed by atoms with van der Waals surface area (Å²) in [4.78, 5) is 25.5. The molecule has 23 heavy (non-hydrogen) atoms. The van der Waals surface area contributed by atoms with E-state index in [0.717, 1.165) is 0 Å². The maximum Gasteiger partial charge on any atom is 0.227 e. The molecule has 0 radical (unpaired) electrons. The Bertz CT molecular complexity index is 721. The van der Waals surface area contributed by atoms with Crippen LogP contribution in [0.4, 0.5) is 0 Å². The molecule has 6 heteroatoms. The van der Waals surface area contributed by atoms with Gasteiger partial charge in [-0.05, 0) is 32.0 Å². The fourth-order valence-corrected chi connectivity index (χ4v) is 2.26. The van der Waals surface area contributed by atoms with Gasteiger partial charge in [-0.15, -0.1) is 0 Å². The fraction of sp³-hybridized carbons (Fsp3) is 0.353. The van der Waals surface area contributed by atoms with Gasteiger partial charge in [-0.2, -0.15) is 0 Å². The first-order valence-electron chi connectivity index (χ1n) is 7.24. The molecule has 0 saturated heterocycles. The number of hydrogen-bond acceptors (Lipinski definition) is 5. The third-order valence-electron chi connectivity index (χ3n) is 3.53. The van der Waals surface area contributed by atoms with E-state index in [1.54, 1.807) is 50.2 Å². The summed E-state index contributed by atoms with van der Waals surface area (Å²) in [6, 6.07) is 6.89. The number of methoxy groups -OCH3 is 1. The van der Waals surface area contributed by atoms with Gasteiger partial charge >= 0.3 is 0 Å². The zero-order valence-electron chi connectivity index (χ0n) is 13.8. The highest BCUT2D eigenvalue weighted by Crippen LogP contribution is 2.21. The largest absolute Gasteiger partial charge is 0.496 e. The molecular formula is C17H20N2O4. The van der Waals surface area contributed by atoms with E-state index < -0.39 is 0 Å². The molecule has 122 valence electrons. The predicted octanol–water partition coefficient (Wildman–Crippen LogP) is 2.40. The maximum atomic E-state index is 12.4. The number of aromatic nitrogens is 1. The molecule has 0 aliphatic carbocycles. The van der Waals surface area contributed by atoms with Crippen LogP contribution in [0.15, 0.2) is 28.8 Å². The Morgan fingerprint density at radius 2 is 2.04 bits per heavy atom. The van der Waals surface area contributed by atoms with Gasteiger partial charge in [0.1, 0.15) is 17.2 Å². The fourth-order valence-electron chi connectivity index (χ4n) is 2.26. The summed E-state index contributed by atoms with van der Waals surface area (Å²) in [6.45, 7) is 3.66. The second kappa shape index (κ2) is 7.09. The van der Waals surface area contributed by atoms with E-state index in [2.05, 4.69) is 5.16 Å². The van der Waals surface area contributed by atoms with Crippen LogP contribution in [0.5, 0.6) is 5.75 Å². The number of carbonyl (C=O) groups is 2. The number of likely N-dealkylation sites (N-methyl/N-ethyl adjacent to an activating group) is 1. The number of carbonyl (C=O) groups excluding carboxylic acids is 2. The molecule has 0 atom stereocenters. The molecule has 1 aromatic heterocycles. The molecule has 2 rings (SSSR count). The van der Waals surface area contributed by atoms with Crippen LogP contribution in [0.25, 0.3) is 0 Å². The van der Waals surface area contributed by atoms with Crippen molar-refractivity contribution in [2.24, 2.45) is 0 Å². The highest BCUT2D eigenvalue weighted by atomic mass is 16.5. The Labute approximate surface area is 135 Å². The van der Waals surface area contributed by atoms with Gasteiger partial charge in [0, 0.05) is 24.2 Å². The average molecular weight is 316 g/mol. The lowest BCUT2D eigenvalue weighted by molar-refractivity contribution is -0.129. The molecule has 0 aliphatic rings. The summed E-state index contributed by atoms with van der Waals surface area (Å²) < 4.78 is 10.3. The zero-order chi connectivity index (χ0) is 17.0. The highest BCUT2D eigenvalue weighted by Gasteiger charge is 2.16. The van der Waals surface area contributed by atoms with Gasteiger partial charge in [-0.25, -0.2) is 0 Å². The van der Waals surface area contributed by atoms with E-state index in [1.807, 2.05) is 0 Å². The average Bonchev–Trinajstić information content (AvgIpc) is 2.92. The number of rotatable bonds is 6. The summed E-state index contributed by atoms with van der Waals surface area (Å²) in [5.74, 6) is 1.16. The molecule has 0 aliphatic heterocycles. The smallest absolute Gasteiger partial charge is 0.227 e. The normalized spacial score (nSPS) is 10.4. The second-order valence-corrected chi connectivity index (χ2v) is 5.44. The molecule has 0 spiro atoms. The van der Waals surface area contributed by atoms with E-state index in [-0.39, 0.29) is 18.1 Å². The van der Waals surface area contributed by atoms with Crippen LogP contribution >= 0.6 is 0 Å². The lowest BCUT2D eigenvalue weighted by atomic mass is 10.0. The standard InChI is InChI=1S/C17H20N2O4/c1-11-7-15(18-23-11)10-19(3)17(21)9-14-8-13(12(2)20)5-6-16(14)22-4/h5-8H,9-10H2,1-4H3. The van der Waals surface area contributed by atoms with E-state index in [1.165, 1.54) is 6.92 Å². The van der Waals surface area contributed by atoms with Gasteiger partial charge in [0.15, 0.2) is 5.78 Å². The Kier molecular flexibility index (Phi) is 5.16. The first-order chi connectivity index (χ1) is 10.9. The molecule has 1 heterocycles. The van der Waals surface area contributed by atoms with Crippen molar-refractivity contribution >= 4 is 11.7 Å². The minimum Gasteiger partial charge on any atom is -0.496 e. The highest BCUT2D eigenvalue weighted by molar-refractivity contribution is 5.94. The molecule has 0 fully saturated rings. The first kappa shape index (κ1) is 16.7. The van der Waals surface area contributed by atoms with Gasteiger partial charge in [-0.3, -0.25) is 9.59 Å². The van der Waals surface area contributed by atoms with Crippen molar-refractivity contribution in [2.45, 2.75) is 26.8 Å². The van der Waals surface area contributed by atoms with Gasteiger partial charge in [0.05, 0.1) is 20.1 Å².